The first kappa shape index (κ1) is 17.3. The van der Waals surface area contributed by atoms with Crippen LogP contribution in [0.5, 0.6) is 0 Å². The van der Waals surface area contributed by atoms with Crippen molar-refractivity contribution in [1.29, 1.82) is 0 Å². The van der Waals surface area contributed by atoms with E-state index in [9.17, 15) is 4.79 Å². The predicted octanol–water partition coefficient (Wildman–Crippen LogP) is 2.75. The lowest BCUT2D eigenvalue weighted by Crippen LogP contribution is -2.40. The smallest absolute Gasteiger partial charge is 0.305 e. The summed E-state index contributed by atoms with van der Waals surface area (Å²) in [7, 11) is 1.43. The highest BCUT2D eigenvalue weighted by atomic mass is 16.5. The Kier molecular flexibility index (Phi) is 6.91. The van der Waals surface area contributed by atoms with Gasteiger partial charge < -0.3 is 15.0 Å². The number of esters is 1. The monoisotopic (exact) mass is 317 g/mol. The molecule has 0 fully saturated rings. The number of carbonyl (C=O) groups is 1. The molecule has 5 nitrogen and oxygen atoms in total. The molecule has 0 saturated carbocycles. The number of anilines is 1. The molecule has 126 valence electrons. The van der Waals surface area contributed by atoms with E-state index in [2.05, 4.69) is 46.1 Å². The number of hydrogen-bond acceptors (Lipinski definition) is 3. The zero-order valence-corrected chi connectivity index (χ0v) is 14.2. The van der Waals surface area contributed by atoms with Crippen LogP contribution in [-0.2, 0) is 16.0 Å². The maximum Gasteiger partial charge on any atom is 0.305 e. The second kappa shape index (κ2) is 9.18. The van der Waals surface area contributed by atoms with Crippen LogP contribution in [0, 0.1) is 0 Å². The summed E-state index contributed by atoms with van der Waals surface area (Å²) in [5.41, 5.74) is 2.65. The SMILES string of the molecule is CCNC(=NCCCCCC(=O)OC)N1CCc2ccccc21. The van der Waals surface area contributed by atoms with Crippen LogP contribution in [-0.4, -0.2) is 38.7 Å². The first-order valence-electron chi connectivity index (χ1n) is 8.46. The molecule has 0 atom stereocenters. The molecule has 0 spiro atoms. The van der Waals surface area contributed by atoms with Gasteiger partial charge in [-0.3, -0.25) is 9.79 Å². The van der Waals surface area contributed by atoms with Gasteiger partial charge in [-0.2, -0.15) is 0 Å². The van der Waals surface area contributed by atoms with Gasteiger partial charge in [0, 0.05) is 31.7 Å². The van der Waals surface area contributed by atoms with Crippen molar-refractivity contribution in [3.8, 4) is 0 Å². The third-order valence-electron chi connectivity index (χ3n) is 4.01. The highest BCUT2D eigenvalue weighted by Crippen LogP contribution is 2.27. The van der Waals surface area contributed by atoms with Gasteiger partial charge in [0.15, 0.2) is 5.96 Å². The molecule has 0 radical (unpaired) electrons. The highest BCUT2D eigenvalue weighted by molar-refractivity contribution is 5.97. The minimum Gasteiger partial charge on any atom is -0.469 e. The Hall–Kier alpha value is -2.04. The van der Waals surface area contributed by atoms with E-state index in [1.54, 1.807) is 0 Å². The summed E-state index contributed by atoms with van der Waals surface area (Å²) in [6, 6.07) is 8.51. The van der Waals surface area contributed by atoms with E-state index in [-0.39, 0.29) is 5.97 Å². The molecule has 0 aliphatic carbocycles. The van der Waals surface area contributed by atoms with Gasteiger partial charge in [0.1, 0.15) is 0 Å². The summed E-state index contributed by atoms with van der Waals surface area (Å²) in [6.45, 7) is 4.71. The van der Waals surface area contributed by atoms with Crippen LogP contribution in [0.1, 0.15) is 38.2 Å². The highest BCUT2D eigenvalue weighted by Gasteiger charge is 2.22. The van der Waals surface area contributed by atoms with Crippen molar-refractivity contribution in [2.75, 3.05) is 31.6 Å². The third-order valence-corrected chi connectivity index (χ3v) is 4.01. The molecule has 0 aromatic heterocycles. The second-order valence-corrected chi connectivity index (χ2v) is 5.65. The Balaban J connectivity index is 1.85. The van der Waals surface area contributed by atoms with Gasteiger partial charge in [0.05, 0.1) is 7.11 Å². The van der Waals surface area contributed by atoms with Crippen molar-refractivity contribution >= 4 is 17.6 Å². The molecule has 1 aromatic carbocycles. The molecule has 5 heteroatoms. The van der Waals surface area contributed by atoms with E-state index in [0.29, 0.717) is 6.42 Å². The fourth-order valence-corrected chi connectivity index (χ4v) is 2.80. The summed E-state index contributed by atoms with van der Waals surface area (Å²) in [5, 5.41) is 3.39. The molecule has 2 rings (SSSR count). The molecule has 1 aliphatic heterocycles. The van der Waals surface area contributed by atoms with E-state index < -0.39 is 0 Å². The van der Waals surface area contributed by atoms with Crippen LogP contribution in [0.3, 0.4) is 0 Å². The van der Waals surface area contributed by atoms with Crippen molar-refractivity contribution in [3.63, 3.8) is 0 Å². The van der Waals surface area contributed by atoms with Gasteiger partial charge in [0.2, 0.25) is 0 Å². The van der Waals surface area contributed by atoms with Gasteiger partial charge in [0.25, 0.3) is 0 Å². The van der Waals surface area contributed by atoms with Crippen LogP contribution in [0.2, 0.25) is 0 Å². The van der Waals surface area contributed by atoms with E-state index in [1.165, 1.54) is 18.4 Å². The molecule has 1 aliphatic rings. The summed E-state index contributed by atoms with van der Waals surface area (Å²) in [5.74, 6) is 0.834. The van der Waals surface area contributed by atoms with Gasteiger partial charge in [-0.1, -0.05) is 24.6 Å². The van der Waals surface area contributed by atoms with Crippen molar-refractivity contribution in [3.05, 3.63) is 29.8 Å². The summed E-state index contributed by atoms with van der Waals surface area (Å²) in [6.07, 6.45) is 4.42. The molecule has 1 aromatic rings. The quantitative estimate of drug-likeness (QED) is 0.364. The number of fused-ring (bicyclic) bond motifs is 1. The van der Waals surface area contributed by atoms with Crippen LogP contribution < -0.4 is 10.2 Å². The number of guanidine groups is 1. The Labute approximate surface area is 138 Å². The van der Waals surface area contributed by atoms with Crippen molar-refractivity contribution in [1.82, 2.24) is 5.32 Å². The number of unbranched alkanes of at least 4 members (excludes halogenated alkanes) is 2. The Bertz CT molecular complexity index is 543. The minimum absolute atomic E-state index is 0.129. The largest absolute Gasteiger partial charge is 0.469 e. The number of methoxy groups -OCH3 is 1. The van der Waals surface area contributed by atoms with Gasteiger partial charge in [-0.25, -0.2) is 0 Å². The second-order valence-electron chi connectivity index (χ2n) is 5.65. The molecule has 0 unspecified atom stereocenters. The van der Waals surface area contributed by atoms with E-state index in [1.807, 2.05) is 0 Å². The number of ether oxygens (including phenoxy) is 1. The zero-order chi connectivity index (χ0) is 16.5. The average molecular weight is 317 g/mol. The first-order valence-corrected chi connectivity index (χ1v) is 8.46. The summed E-state index contributed by atoms with van der Waals surface area (Å²) < 4.78 is 4.64. The van der Waals surface area contributed by atoms with Crippen LogP contribution in [0.15, 0.2) is 29.3 Å². The number of aliphatic imine (C=N–C) groups is 1. The Morgan fingerprint density at radius 2 is 2.13 bits per heavy atom. The molecule has 1 heterocycles. The maximum absolute atomic E-state index is 11.1. The topological polar surface area (TPSA) is 53.9 Å². The fourth-order valence-electron chi connectivity index (χ4n) is 2.80. The molecule has 23 heavy (non-hydrogen) atoms. The van der Waals surface area contributed by atoms with Crippen molar-refractivity contribution < 1.29 is 9.53 Å². The van der Waals surface area contributed by atoms with Crippen LogP contribution in [0.4, 0.5) is 5.69 Å². The number of benzene rings is 1. The predicted molar refractivity (Wildman–Crippen MR) is 94.0 cm³/mol. The average Bonchev–Trinajstić information content (AvgIpc) is 3.00. The van der Waals surface area contributed by atoms with Crippen molar-refractivity contribution in [2.24, 2.45) is 4.99 Å². The molecule has 0 saturated heterocycles. The molecular weight excluding hydrogens is 290 g/mol. The van der Waals surface area contributed by atoms with Crippen LogP contribution >= 0.6 is 0 Å². The van der Waals surface area contributed by atoms with Crippen molar-refractivity contribution in [2.45, 2.75) is 39.0 Å². The van der Waals surface area contributed by atoms with Gasteiger partial charge in [-0.15, -0.1) is 0 Å². The lowest BCUT2D eigenvalue weighted by molar-refractivity contribution is -0.140. The van der Waals surface area contributed by atoms with Gasteiger partial charge in [-0.05, 0) is 37.8 Å². The zero-order valence-electron chi connectivity index (χ0n) is 14.2. The van der Waals surface area contributed by atoms with Gasteiger partial charge >= 0.3 is 5.97 Å². The minimum atomic E-state index is -0.129. The number of nitrogens with one attached hydrogen (secondary N) is 1. The van der Waals surface area contributed by atoms with E-state index >= 15 is 0 Å². The fraction of sp³-hybridized carbons (Fsp3) is 0.556. The maximum atomic E-state index is 11.1. The molecule has 0 bridgehead atoms. The molecular formula is C18H27N3O2. The normalized spacial score (nSPS) is 13.8. The summed E-state index contributed by atoms with van der Waals surface area (Å²) in [4.78, 5) is 18.1. The van der Waals surface area contributed by atoms with Crippen LogP contribution in [0.25, 0.3) is 0 Å². The number of nitrogens with zero attached hydrogens (tertiary/aromatic N) is 2. The number of rotatable bonds is 7. The molecule has 0 amide bonds. The summed E-state index contributed by atoms with van der Waals surface area (Å²) >= 11 is 0. The Morgan fingerprint density at radius 3 is 2.91 bits per heavy atom. The number of carbonyl (C=O) groups excluding carboxylic acids is 1. The molecule has 1 N–H and O–H groups in total. The number of hydrogen-bond donors (Lipinski definition) is 1. The Morgan fingerprint density at radius 1 is 1.30 bits per heavy atom. The lowest BCUT2D eigenvalue weighted by Gasteiger charge is -2.22. The van der Waals surface area contributed by atoms with E-state index in [0.717, 1.165) is 51.3 Å². The van der Waals surface area contributed by atoms with E-state index in [4.69, 9.17) is 4.99 Å². The third kappa shape index (κ3) is 4.98. The standard InChI is InChI=1S/C18H27N3O2/c1-3-19-18(20-13-8-4-5-11-17(22)23-2)21-14-12-15-9-6-7-10-16(15)21/h6-7,9-10H,3-5,8,11-14H2,1-2H3,(H,19,20). The first-order chi connectivity index (χ1) is 11.3. The number of para-hydroxylation sites is 1. The lowest BCUT2D eigenvalue weighted by atomic mass is 10.2.